The Hall–Kier alpha value is -2.55. The minimum atomic E-state index is -3.74. The van der Waals surface area contributed by atoms with E-state index < -0.39 is 16.0 Å². The lowest BCUT2D eigenvalue weighted by Crippen LogP contribution is -2.36. The van der Waals surface area contributed by atoms with Gasteiger partial charge in [0, 0.05) is 19.3 Å². The van der Waals surface area contributed by atoms with Crippen molar-refractivity contribution in [2.75, 3.05) is 6.54 Å². The predicted octanol–water partition coefficient (Wildman–Crippen LogP) is 3.81. The van der Waals surface area contributed by atoms with E-state index in [1.54, 1.807) is 24.4 Å². The van der Waals surface area contributed by atoms with Crippen LogP contribution in [-0.4, -0.2) is 30.2 Å². The fraction of sp³-hybridized carbons (Fsp3) is 0.143. The highest BCUT2D eigenvalue weighted by Crippen LogP contribution is 2.26. The van der Waals surface area contributed by atoms with Crippen molar-refractivity contribution in [2.45, 2.75) is 17.9 Å². The number of rotatable bonds is 4. The van der Waals surface area contributed by atoms with Crippen LogP contribution < -0.4 is 4.74 Å². The third kappa shape index (κ3) is 4.10. The molecule has 0 saturated heterocycles. The zero-order valence-corrected chi connectivity index (χ0v) is 17.7. The first-order valence-electron chi connectivity index (χ1n) is 8.95. The van der Waals surface area contributed by atoms with E-state index >= 15 is 0 Å². The summed E-state index contributed by atoms with van der Waals surface area (Å²) >= 11 is 3.22. The summed E-state index contributed by atoms with van der Waals surface area (Å²) in [6, 6.07) is 17.0. The number of aromatic nitrogens is 1. The average Bonchev–Trinajstić information content (AvgIpc) is 2.75. The molecule has 6 nitrogen and oxygen atoms in total. The van der Waals surface area contributed by atoms with E-state index in [1.165, 1.54) is 28.1 Å². The quantitative estimate of drug-likeness (QED) is 0.426. The largest absolute Gasteiger partial charge is 0.420 e. The maximum atomic E-state index is 13.1. The van der Waals surface area contributed by atoms with E-state index in [1.807, 2.05) is 24.3 Å². The predicted molar refractivity (Wildman–Crippen MR) is 111 cm³/mol. The van der Waals surface area contributed by atoms with Crippen molar-refractivity contribution < 1.29 is 17.9 Å². The van der Waals surface area contributed by atoms with Gasteiger partial charge in [-0.05, 0) is 63.8 Å². The molecule has 0 spiro atoms. The van der Waals surface area contributed by atoms with Gasteiger partial charge >= 0.3 is 5.97 Å². The first-order valence-corrected chi connectivity index (χ1v) is 11.2. The molecule has 29 heavy (non-hydrogen) atoms. The molecule has 1 aliphatic heterocycles. The Morgan fingerprint density at radius 1 is 1.03 bits per heavy atom. The summed E-state index contributed by atoms with van der Waals surface area (Å²) in [5, 5.41) is 0. The number of carbonyl (C=O) groups excluding carboxylic acids is 1. The van der Waals surface area contributed by atoms with Crippen LogP contribution >= 0.6 is 15.9 Å². The molecule has 4 rings (SSSR count). The number of hydrogen-bond donors (Lipinski definition) is 0. The Kier molecular flexibility index (Phi) is 5.49. The summed E-state index contributed by atoms with van der Waals surface area (Å²) in [5.41, 5.74) is 2.32. The van der Waals surface area contributed by atoms with E-state index in [0.29, 0.717) is 24.1 Å². The molecule has 1 aromatic heterocycles. The lowest BCUT2D eigenvalue weighted by Gasteiger charge is -2.28. The number of ether oxygens (including phenoxy) is 1. The summed E-state index contributed by atoms with van der Waals surface area (Å²) in [6.07, 6.45) is 2.22. The van der Waals surface area contributed by atoms with Gasteiger partial charge in [-0.3, -0.25) is 0 Å². The van der Waals surface area contributed by atoms with Crippen molar-refractivity contribution in [3.8, 4) is 5.75 Å². The topological polar surface area (TPSA) is 76.6 Å². The number of benzene rings is 2. The molecule has 0 bridgehead atoms. The van der Waals surface area contributed by atoms with E-state index in [2.05, 4.69) is 20.9 Å². The highest BCUT2D eigenvalue weighted by atomic mass is 79.9. The Morgan fingerprint density at radius 2 is 1.83 bits per heavy atom. The van der Waals surface area contributed by atoms with Gasteiger partial charge in [0.05, 0.1) is 10.5 Å². The van der Waals surface area contributed by atoms with Crippen LogP contribution in [0.5, 0.6) is 5.75 Å². The molecular formula is C21H17BrN2O4S. The standard InChI is InChI=1S/C21H17BrN2O4S/c22-20-19(9-4-11-23-20)28-21(25)16-7-3-8-18(13-16)29(26,27)24-12-10-15-5-1-2-6-17(15)14-24/h1-9,11,13H,10,12,14H2. The molecule has 8 heteroatoms. The van der Waals surface area contributed by atoms with Gasteiger partial charge in [0.1, 0.15) is 4.60 Å². The van der Waals surface area contributed by atoms with Gasteiger partial charge in [0.2, 0.25) is 10.0 Å². The zero-order chi connectivity index (χ0) is 20.4. The van der Waals surface area contributed by atoms with Crippen molar-refractivity contribution in [2.24, 2.45) is 0 Å². The first-order chi connectivity index (χ1) is 13.9. The van der Waals surface area contributed by atoms with E-state index in [-0.39, 0.29) is 16.2 Å². The molecule has 0 N–H and O–H groups in total. The highest BCUT2D eigenvalue weighted by molar-refractivity contribution is 9.10. The van der Waals surface area contributed by atoms with E-state index in [4.69, 9.17) is 4.74 Å². The number of carbonyl (C=O) groups is 1. The monoisotopic (exact) mass is 472 g/mol. The molecule has 0 unspecified atom stereocenters. The van der Waals surface area contributed by atoms with Gasteiger partial charge < -0.3 is 4.74 Å². The molecule has 0 aliphatic carbocycles. The Bertz CT molecular complexity index is 1180. The van der Waals surface area contributed by atoms with Gasteiger partial charge in [0.15, 0.2) is 5.75 Å². The van der Waals surface area contributed by atoms with Gasteiger partial charge in [-0.15, -0.1) is 0 Å². The molecule has 3 aromatic rings. The van der Waals surface area contributed by atoms with E-state index in [0.717, 1.165) is 5.56 Å². The van der Waals surface area contributed by atoms with E-state index in [9.17, 15) is 13.2 Å². The number of halogens is 1. The van der Waals surface area contributed by atoms with Crippen LogP contribution in [0.2, 0.25) is 0 Å². The minimum Gasteiger partial charge on any atom is -0.420 e. The maximum Gasteiger partial charge on any atom is 0.343 e. The molecule has 0 fully saturated rings. The number of hydrogen-bond acceptors (Lipinski definition) is 5. The van der Waals surface area contributed by atoms with Crippen molar-refractivity contribution in [1.82, 2.24) is 9.29 Å². The third-order valence-corrected chi connectivity index (χ3v) is 7.17. The SMILES string of the molecule is O=C(Oc1cccnc1Br)c1cccc(S(=O)(=O)N2CCc3ccccc3C2)c1. The normalized spacial score (nSPS) is 14.2. The molecule has 0 saturated carbocycles. The second-order valence-electron chi connectivity index (χ2n) is 6.57. The second-order valence-corrected chi connectivity index (χ2v) is 9.26. The van der Waals surface area contributed by atoms with Crippen molar-refractivity contribution in [3.63, 3.8) is 0 Å². The summed E-state index contributed by atoms with van der Waals surface area (Å²) in [4.78, 5) is 16.6. The van der Waals surface area contributed by atoms with Gasteiger partial charge in [0.25, 0.3) is 0 Å². The molecule has 2 heterocycles. The number of nitrogens with zero attached hydrogens (tertiary/aromatic N) is 2. The van der Waals surface area contributed by atoms with Crippen LogP contribution in [0, 0.1) is 0 Å². The highest BCUT2D eigenvalue weighted by Gasteiger charge is 2.28. The first kappa shape index (κ1) is 19.8. The molecule has 148 valence electrons. The number of fused-ring (bicyclic) bond motifs is 1. The van der Waals surface area contributed by atoms with Crippen LogP contribution in [0.1, 0.15) is 21.5 Å². The summed E-state index contributed by atoms with van der Waals surface area (Å²) in [5.74, 6) is -0.391. The Morgan fingerprint density at radius 3 is 2.62 bits per heavy atom. The van der Waals surface area contributed by atoms with Crippen LogP contribution in [0.3, 0.4) is 0 Å². The fourth-order valence-electron chi connectivity index (χ4n) is 3.21. The summed E-state index contributed by atoms with van der Waals surface area (Å²) in [6.45, 7) is 0.715. The zero-order valence-electron chi connectivity index (χ0n) is 15.3. The minimum absolute atomic E-state index is 0.0663. The summed E-state index contributed by atoms with van der Waals surface area (Å²) < 4.78 is 33.4. The number of esters is 1. The van der Waals surface area contributed by atoms with Crippen molar-refractivity contribution in [1.29, 1.82) is 0 Å². The molecule has 2 aromatic carbocycles. The number of pyridine rings is 1. The second kappa shape index (κ2) is 8.06. The molecule has 1 aliphatic rings. The average molecular weight is 473 g/mol. The Balaban J connectivity index is 1.58. The fourth-order valence-corrected chi connectivity index (χ4v) is 5.01. The number of sulfonamides is 1. The smallest absolute Gasteiger partial charge is 0.343 e. The maximum absolute atomic E-state index is 13.1. The van der Waals surface area contributed by atoms with Crippen LogP contribution in [-0.2, 0) is 23.0 Å². The van der Waals surface area contributed by atoms with Crippen LogP contribution in [0.25, 0.3) is 0 Å². The molecule has 0 atom stereocenters. The molecule has 0 radical (unpaired) electrons. The Labute approximate surface area is 177 Å². The third-order valence-electron chi connectivity index (χ3n) is 4.73. The lowest BCUT2D eigenvalue weighted by atomic mass is 10.0. The lowest BCUT2D eigenvalue weighted by molar-refractivity contribution is 0.0732. The van der Waals surface area contributed by atoms with Crippen molar-refractivity contribution >= 4 is 31.9 Å². The van der Waals surface area contributed by atoms with Crippen LogP contribution in [0.4, 0.5) is 0 Å². The summed E-state index contributed by atoms with van der Waals surface area (Å²) in [7, 11) is -3.74. The van der Waals surface area contributed by atoms with Crippen LogP contribution in [0.15, 0.2) is 76.4 Å². The van der Waals surface area contributed by atoms with Gasteiger partial charge in [-0.1, -0.05) is 30.3 Å². The molecule has 0 amide bonds. The van der Waals surface area contributed by atoms with Crippen molar-refractivity contribution in [3.05, 3.63) is 88.2 Å². The van der Waals surface area contributed by atoms with Gasteiger partial charge in [-0.25, -0.2) is 18.2 Å². The molecular weight excluding hydrogens is 456 g/mol. The van der Waals surface area contributed by atoms with Gasteiger partial charge in [-0.2, -0.15) is 4.31 Å².